The molecule has 7 heteroatoms. The Morgan fingerprint density at radius 3 is 2.74 bits per heavy atom. The van der Waals surface area contributed by atoms with Crippen molar-refractivity contribution in [2.24, 2.45) is 0 Å². The van der Waals surface area contributed by atoms with E-state index in [0.717, 1.165) is 5.57 Å². The minimum Gasteiger partial charge on any atom is -0.459 e. The second-order valence-corrected chi connectivity index (χ2v) is 5.86. The van der Waals surface area contributed by atoms with Crippen molar-refractivity contribution in [3.63, 3.8) is 0 Å². The fourth-order valence-corrected chi connectivity index (χ4v) is 3.07. The third kappa shape index (κ3) is 2.85. The molecule has 0 bridgehead atoms. The Hall–Kier alpha value is -2.25. The van der Waals surface area contributed by atoms with Crippen molar-refractivity contribution < 1.29 is 24.3 Å². The molecular weight excluding hydrogens is 302 g/mol. The number of hydrogen-bond donors (Lipinski definition) is 1. The summed E-state index contributed by atoms with van der Waals surface area (Å²) in [7, 11) is 0. The maximum Gasteiger partial charge on any atom is 0.338 e. The van der Waals surface area contributed by atoms with Gasteiger partial charge in [0.05, 0.1) is 17.1 Å². The molecule has 23 heavy (non-hydrogen) atoms. The molecule has 1 saturated carbocycles. The zero-order chi connectivity index (χ0) is 16.6. The van der Waals surface area contributed by atoms with Gasteiger partial charge >= 0.3 is 5.97 Å². The smallest absolute Gasteiger partial charge is 0.338 e. The molecule has 122 valence electrons. The first-order valence-electron chi connectivity index (χ1n) is 7.38. The average molecular weight is 319 g/mol. The van der Waals surface area contributed by atoms with Gasteiger partial charge in [0.2, 0.25) is 0 Å². The van der Waals surface area contributed by atoms with E-state index in [9.17, 15) is 20.0 Å². The van der Waals surface area contributed by atoms with Gasteiger partial charge in [0.1, 0.15) is 17.8 Å². The lowest BCUT2D eigenvalue weighted by molar-refractivity contribution is -0.384. The molecule has 3 rings (SSSR count). The van der Waals surface area contributed by atoms with Crippen molar-refractivity contribution in [1.82, 2.24) is 0 Å². The number of aliphatic hydroxyl groups is 1. The summed E-state index contributed by atoms with van der Waals surface area (Å²) in [5.41, 5.74) is 0.559. The van der Waals surface area contributed by atoms with Gasteiger partial charge in [0, 0.05) is 18.6 Å². The Morgan fingerprint density at radius 1 is 1.48 bits per heavy atom. The molecule has 7 nitrogen and oxygen atoms in total. The molecule has 1 aromatic rings. The van der Waals surface area contributed by atoms with Gasteiger partial charge in [0.15, 0.2) is 0 Å². The molecule has 1 aliphatic heterocycles. The van der Waals surface area contributed by atoms with Crippen LogP contribution in [-0.4, -0.2) is 40.4 Å². The van der Waals surface area contributed by atoms with Gasteiger partial charge < -0.3 is 14.6 Å². The van der Waals surface area contributed by atoms with Crippen molar-refractivity contribution >= 4 is 11.7 Å². The largest absolute Gasteiger partial charge is 0.459 e. The number of ether oxygens (including phenoxy) is 2. The van der Waals surface area contributed by atoms with Crippen molar-refractivity contribution in [2.45, 2.75) is 37.1 Å². The van der Waals surface area contributed by atoms with Crippen molar-refractivity contribution in [1.29, 1.82) is 0 Å². The Morgan fingerprint density at radius 2 is 2.17 bits per heavy atom. The lowest BCUT2D eigenvalue weighted by atomic mass is 9.81. The molecule has 2 fully saturated rings. The van der Waals surface area contributed by atoms with Crippen LogP contribution in [0.2, 0.25) is 0 Å². The molecule has 0 amide bonds. The maximum absolute atomic E-state index is 12.2. The summed E-state index contributed by atoms with van der Waals surface area (Å²) in [6, 6.07) is 5.30. The maximum atomic E-state index is 12.2. The molecule has 3 unspecified atom stereocenters. The predicted molar refractivity (Wildman–Crippen MR) is 80.0 cm³/mol. The van der Waals surface area contributed by atoms with Crippen LogP contribution in [0.15, 0.2) is 36.4 Å². The molecule has 3 atom stereocenters. The summed E-state index contributed by atoms with van der Waals surface area (Å²) < 4.78 is 11.0. The number of benzene rings is 1. The summed E-state index contributed by atoms with van der Waals surface area (Å²) in [5.74, 6) is -0.520. The van der Waals surface area contributed by atoms with Crippen LogP contribution in [-0.2, 0) is 9.47 Å². The second kappa shape index (κ2) is 5.75. The van der Waals surface area contributed by atoms with E-state index in [-0.39, 0.29) is 30.1 Å². The number of nitrogens with zero attached hydrogens (tertiary/aromatic N) is 1. The number of nitro groups is 1. The van der Waals surface area contributed by atoms with Crippen molar-refractivity contribution in [2.75, 3.05) is 6.61 Å². The van der Waals surface area contributed by atoms with Crippen LogP contribution in [0.4, 0.5) is 5.69 Å². The second-order valence-electron chi connectivity index (χ2n) is 5.86. The normalized spacial score (nSPS) is 29.3. The zero-order valence-electron chi connectivity index (χ0n) is 12.4. The van der Waals surface area contributed by atoms with Gasteiger partial charge in [-0.05, 0) is 30.5 Å². The summed E-state index contributed by atoms with van der Waals surface area (Å²) in [6.07, 6.45) is 1.22. The molecule has 1 aliphatic carbocycles. The fourth-order valence-electron chi connectivity index (χ4n) is 3.07. The highest BCUT2D eigenvalue weighted by Crippen LogP contribution is 2.51. The van der Waals surface area contributed by atoms with Gasteiger partial charge in [-0.1, -0.05) is 6.58 Å². The van der Waals surface area contributed by atoms with Gasteiger partial charge in [-0.3, -0.25) is 10.1 Å². The van der Waals surface area contributed by atoms with E-state index in [1.165, 1.54) is 24.3 Å². The van der Waals surface area contributed by atoms with Crippen LogP contribution in [0.25, 0.3) is 0 Å². The van der Waals surface area contributed by atoms with Crippen LogP contribution in [0.5, 0.6) is 0 Å². The topological polar surface area (TPSA) is 102 Å². The number of carbonyl (C=O) groups excluding carboxylic acids is 1. The molecule has 1 N–H and O–H groups in total. The first kappa shape index (κ1) is 15.6. The summed E-state index contributed by atoms with van der Waals surface area (Å²) in [5, 5.41) is 19.8. The van der Waals surface area contributed by atoms with E-state index < -0.39 is 16.5 Å². The van der Waals surface area contributed by atoms with Gasteiger partial charge in [-0.15, -0.1) is 0 Å². The minimum atomic E-state index is -0.562. The molecule has 1 saturated heterocycles. The quantitative estimate of drug-likeness (QED) is 0.299. The third-order valence-electron chi connectivity index (χ3n) is 4.47. The lowest BCUT2D eigenvalue weighted by Crippen LogP contribution is -2.34. The van der Waals surface area contributed by atoms with Crippen LogP contribution in [0.3, 0.4) is 0 Å². The highest BCUT2D eigenvalue weighted by Gasteiger charge is 2.60. The molecule has 1 spiro atoms. The highest BCUT2D eigenvalue weighted by molar-refractivity contribution is 5.89. The standard InChI is InChI=1S/C16H17NO6/c1-10-2-7-13(8-16(10)14(9-18)23-16)22-15(19)11-3-5-12(6-4-11)17(20)21/h3-6,13-14,18H,1-2,7-9H2. The molecule has 1 aromatic carbocycles. The minimum absolute atomic E-state index is 0.0772. The summed E-state index contributed by atoms with van der Waals surface area (Å²) >= 11 is 0. The van der Waals surface area contributed by atoms with E-state index in [4.69, 9.17) is 9.47 Å². The number of rotatable bonds is 4. The van der Waals surface area contributed by atoms with E-state index in [2.05, 4.69) is 6.58 Å². The van der Waals surface area contributed by atoms with Crippen LogP contribution in [0, 0.1) is 10.1 Å². The number of epoxide rings is 1. The van der Waals surface area contributed by atoms with Gasteiger partial charge in [0.25, 0.3) is 5.69 Å². The van der Waals surface area contributed by atoms with E-state index in [1.807, 2.05) is 0 Å². The van der Waals surface area contributed by atoms with Crippen LogP contribution < -0.4 is 0 Å². The number of carbonyl (C=O) groups is 1. The monoisotopic (exact) mass is 319 g/mol. The molecule has 0 radical (unpaired) electrons. The number of non-ortho nitro benzene ring substituents is 1. The first-order chi connectivity index (χ1) is 11.0. The molecule has 0 aromatic heterocycles. The number of hydrogen-bond acceptors (Lipinski definition) is 6. The number of aliphatic hydroxyl groups excluding tert-OH is 1. The molecule has 2 aliphatic rings. The van der Waals surface area contributed by atoms with Crippen molar-refractivity contribution in [3.8, 4) is 0 Å². The number of esters is 1. The SMILES string of the molecule is C=C1CCC(OC(=O)c2ccc([N+](=O)[O-])cc2)CC12OC2CO. The van der Waals surface area contributed by atoms with Crippen LogP contribution in [0.1, 0.15) is 29.6 Å². The van der Waals surface area contributed by atoms with E-state index in [0.29, 0.717) is 19.3 Å². The fraction of sp³-hybridized carbons (Fsp3) is 0.438. The van der Waals surface area contributed by atoms with E-state index >= 15 is 0 Å². The Labute approximate surface area is 132 Å². The highest BCUT2D eigenvalue weighted by atomic mass is 16.6. The van der Waals surface area contributed by atoms with E-state index in [1.54, 1.807) is 0 Å². The first-order valence-corrected chi connectivity index (χ1v) is 7.38. The predicted octanol–water partition coefficient (Wildman–Crippen LogP) is 1.99. The Balaban J connectivity index is 1.64. The molecular formula is C16H17NO6. The lowest BCUT2D eigenvalue weighted by Gasteiger charge is -2.29. The van der Waals surface area contributed by atoms with Crippen LogP contribution >= 0.6 is 0 Å². The summed E-state index contributed by atoms with van der Waals surface area (Å²) in [6.45, 7) is 3.90. The summed E-state index contributed by atoms with van der Waals surface area (Å²) in [4.78, 5) is 22.2. The Kier molecular flexibility index (Phi) is 3.91. The third-order valence-corrected chi connectivity index (χ3v) is 4.47. The zero-order valence-corrected chi connectivity index (χ0v) is 12.4. The Bertz CT molecular complexity index is 655. The van der Waals surface area contributed by atoms with Gasteiger partial charge in [-0.2, -0.15) is 0 Å². The number of nitro benzene ring substituents is 1. The van der Waals surface area contributed by atoms with Gasteiger partial charge in [-0.25, -0.2) is 4.79 Å². The molecule has 1 heterocycles. The van der Waals surface area contributed by atoms with Crippen molar-refractivity contribution in [3.05, 3.63) is 52.1 Å². The average Bonchev–Trinajstić information content (AvgIpc) is 3.25.